The molecule has 4 aliphatic heterocycles. The number of thiophene rings is 1. The van der Waals surface area contributed by atoms with Crippen molar-refractivity contribution in [3.63, 3.8) is 0 Å². The van der Waals surface area contributed by atoms with Crippen molar-refractivity contribution < 1.29 is 23.0 Å². The van der Waals surface area contributed by atoms with Gasteiger partial charge in [0.25, 0.3) is 0 Å². The van der Waals surface area contributed by atoms with E-state index in [-0.39, 0.29) is 16.7 Å². The third kappa shape index (κ3) is 4.17. The van der Waals surface area contributed by atoms with Crippen molar-refractivity contribution in [2.75, 3.05) is 37.7 Å². The summed E-state index contributed by atoms with van der Waals surface area (Å²) in [6, 6.07) is 8.16. The first-order chi connectivity index (χ1) is 19.9. The number of aromatic nitrogens is 1. The lowest BCUT2D eigenvalue weighted by Gasteiger charge is -2.34. The summed E-state index contributed by atoms with van der Waals surface area (Å²) in [5, 5.41) is 17.5. The monoisotopic (exact) mass is 580 g/mol. The van der Waals surface area contributed by atoms with Gasteiger partial charge in [-0.25, -0.2) is 13.2 Å². The second kappa shape index (κ2) is 9.47. The first-order valence-electron chi connectivity index (χ1n) is 14.4. The lowest BCUT2D eigenvalue weighted by Crippen LogP contribution is -2.51. The number of fused-ring (bicyclic) bond motifs is 5. The molecule has 41 heavy (non-hydrogen) atoms. The molecule has 4 fully saturated rings. The third-order valence-electron chi connectivity index (χ3n) is 9.56. The summed E-state index contributed by atoms with van der Waals surface area (Å²) in [4.78, 5) is 9.55. The SMILES string of the molecule is Oc1cc(-c2csc3c(N4CC5CCC(C4)N5)nc(OC[C@@]45CCCN4C[C@H](F)C5)cc23)c2c(F)c(F)ccc2c1. The fraction of sp³-hybridized carbons (Fsp3) is 0.452. The van der Waals surface area contributed by atoms with Gasteiger partial charge in [0.1, 0.15) is 18.5 Å². The van der Waals surface area contributed by atoms with Gasteiger partial charge in [-0.1, -0.05) is 6.07 Å². The van der Waals surface area contributed by atoms with E-state index in [0.717, 1.165) is 67.3 Å². The smallest absolute Gasteiger partial charge is 0.215 e. The van der Waals surface area contributed by atoms with Crippen LogP contribution < -0.4 is 15.0 Å². The van der Waals surface area contributed by atoms with E-state index in [1.807, 2.05) is 11.4 Å². The summed E-state index contributed by atoms with van der Waals surface area (Å²) in [5.74, 6) is -0.639. The van der Waals surface area contributed by atoms with Crippen LogP contribution in [-0.4, -0.2) is 71.6 Å². The van der Waals surface area contributed by atoms with Gasteiger partial charge in [-0.2, -0.15) is 4.98 Å². The van der Waals surface area contributed by atoms with Crippen LogP contribution in [0.4, 0.5) is 19.0 Å². The van der Waals surface area contributed by atoms with E-state index in [1.54, 1.807) is 0 Å². The van der Waals surface area contributed by atoms with Crippen molar-refractivity contribution in [3.8, 4) is 22.8 Å². The number of rotatable bonds is 5. The number of phenolic OH excluding ortho intramolecular Hbond substituents is 1. The van der Waals surface area contributed by atoms with Gasteiger partial charge in [-0.3, -0.25) is 4.90 Å². The van der Waals surface area contributed by atoms with Gasteiger partial charge in [0.05, 0.1) is 10.2 Å². The third-order valence-corrected chi connectivity index (χ3v) is 10.6. The quantitative estimate of drug-likeness (QED) is 0.302. The Kier molecular flexibility index (Phi) is 5.92. The number of nitrogens with zero attached hydrogens (tertiary/aromatic N) is 3. The number of aromatic hydroxyl groups is 1. The van der Waals surface area contributed by atoms with E-state index < -0.39 is 17.8 Å². The Morgan fingerprint density at radius 1 is 1.10 bits per heavy atom. The molecule has 2 aromatic carbocycles. The molecule has 4 aliphatic rings. The number of phenols is 1. The number of alkyl halides is 1. The number of nitrogens with one attached hydrogen (secondary N) is 1. The second-order valence-corrected chi connectivity index (χ2v) is 13.0. The minimum Gasteiger partial charge on any atom is -0.508 e. The minimum atomic E-state index is -0.941. The number of anilines is 1. The van der Waals surface area contributed by atoms with E-state index in [2.05, 4.69) is 15.1 Å². The summed E-state index contributed by atoms with van der Waals surface area (Å²) in [6.45, 7) is 3.34. The number of ether oxygens (including phenoxy) is 1. The molecule has 4 atom stereocenters. The van der Waals surface area contributed by atoms with Crippen molar-refractivity contribution in [1.82, 2.24) is 15.2 Å². The molecule has 0 amide bonds. The predicted octanol–water partition coefficient (Wildman–Crippen LogP) is 6.00. The zero-order valence-corrected chi connectivity index (χ0v) is 23.3. The number of piperazine rings is 1. The van der Waals surface area contributed by atoms with Crippen LogP contribution in [0.5, 0.6) is 11.6 Å². The van der Waals surface area contributed by atoms with E-state index >= 15 is 4.39 Å². The fourth-order valence-electron chi connectivity index (χ4n) is 7.71. The van der Waals surface area contributed by atoms with Crippen LogP contribution in [0.2, 0.25) is 0 Å². The summed E-state index contributed by atoms with van der Waals surface area (Å²) in [6.07, 6.45) is 3.79. The molecule has 2 N–H and O–H groups in total. The number of benzene rings is 2. The highest BCUT2D eigenvalue weighted by molar-refractivity contribution is 7.18. The first-order valence-corrected chi connectivity index (χ1v) is 15.3. The molecule has 2 unspecified atom stereocenters. The van der Waals surface area contributed by atoms with Crippen LogP contribution in [0.3, 0.4) is 0 Å². The maximum Gasteiger partial charge on any atom is 0.215 e. The van der Waals surface area contributed by atoms with Gasteiger partial charge in [0, 0.05) is 60.5 Å². The summed E-state index contributed by atoms with van der Waals surface area (Å²) in [5.41, 5.74) is 0.792. The van der Waals surface area contributed by atoms with E-state index in [4.69, 9.17) is 9.72 Å². The molecule has 10 heteroatoms. The second-order valence-electron chi connectivity index (χ2n) is 12.2. The number of hydrogen-bond acceptors (Lipinski definition) is 7. The average Bonchev–Trinajstić information content (AvgIpc) is 3.70. The van der Waals surface area contributed by atoms with Crippen molar-refractivity contribution >= 4 is 38.0 Å². The standard InChI is InChI=1S/C31H31F3N4O2S/c32-18-11-31(6-1-7-38(31)12-18)16-40-26-10-23-24(22-9-21(39)8-17-2-5-25(33)28(34)27(17)22)15-41-29(23)30(36-26)37-13-19-3-4-20(14-37)35-19/h2,5,8-10,15,18-20,35,39H,1,3-4,6-7,11-14,16H2/t18-,19?,20?,31+/m1/s1. The van der Waals surface area contributed by atoms with Crippen molar-refractivity contribution in [1.29, 1.82) is 0 Å². The lowest BCUT2D eigenvalue weighted by atomic mass is 9.95. The van der Waals surface area contributed by atoms with Crippen LogP contribution in [0.15, 0.2) is 35.7 Å². The number of hydrogen-bond donors (Lipinski definition) is 2. The van der Waals surface area contributed by atoms with Gasteiger partial charge >= 0.3 is 0 Å². The predicted molar refractivity (Wildman–Crippen MR) is 155 cm³/mol. The van der Waals surface area contributed by atoms with E-state index in [1.165, 1.54) is 29.5 Å². The molecule has 2 bridgehead atoms. The Labute approximate surface area is 239 Å². The highest BCUT2D eigenvalue weighted by Crippen LogP contribution is 2.46. The average molecular weight is 581 g/mol. The molecular formula is C31H31F3N4O2S. The molecular weight excluding hydrogens is 549 g/mol. The zero-order chi connectivity index (χ0) is 27.9. The molecule has 214 valence electrons. The Balaban J connectivity index is 1.26. The molecule has 0 radical (unpaired) electrons. The normalized spacial score (nSPS) is 27.8. The van der Waals surface area contributed by atoms with Crippen molar-refractivity contribution in [2.45, 2.75) is 55.9 Å². The molecule has 4 aromatic rings. The number of pyridine rings is 1. The molecule has 4 saturated heterocycles. The fourth-order valence-corrected chi connectivity index (χ4v) is 8.78. The Morgan fingerprint density at radius 2 is 1.93 bits per heavy atom. The van der Waals surface area contributed by atoms with Crippen molar-refractivity contribution in [2.24, 2.45) is 0 Å². The molecule has 6 heterocycles. The van der Waals surface area contributed by atoms with Gasteiger partial charge in [-0.15, -0.1) is 11.3 Å². The largest absolute Gasteiger partial charge is 0.508 e. The summed E-state index contributed by atoms with van der Waals surface area (Å²) in [7, 11) is 0. The highest BCUT2D eigenvalue weighted by atomic mass is 32.1. The Morgan fingerprint density at radius 3 is 2.76 bits per heavy atom. The molecule has 0 saturated carbocycles. The van der Waals surface area contributed by atoms with Gasteiger partial charge in [0.15, 0.2) is 17.5 Å². The van der Waals surface area contributed by atoms with Crippen molar-refractivity contribution in [3.05, 3.63) is 47.3 Å². The van der Waals surface area contributed by atoms with Gasteiger partial charge in [-0.05, 0) is 66.8 Å². The lowest BCUT2D eigenvalue weighted by molar-refractivity contribution is 0.111. The maximum absolute atomic E-state index is 15.2. The molecule has 2 aromatic heterocycles. The summed E-state index contributed by atoms with van der Waals surface area (Å²) >= 11 is 1.51. The maximum atomic E-state index is 15.2. The molecule has 0 aliphatic carbocycles. The minimum absolute atomic E-state index is 0.0234. The van der Waals surface area contributed by atoms with Crippen LogP contribution >= 0.6 is 11.3 Å². The van der Waals surface area contributed by atoms with Crippen LogP contribution in [0.25, 0.3) is 32.0 Å². The van der Waals surface area contributed by atoms with Gasteiger partial charge in [0.2, 0.25) is 5.88 Å². The zero-order valence-electron chi connectivity index (χ0n) is 22.5. The van der Waals surface area contributed by atoms with E-state index in [9.17, 15) is 13.9 Å². The summed E-state index contributed by atoms with van der Waals surface area (Å²) < 4.78 is 51.4. The van der Waals surface area contributed by atoms with E-state index in [0.29, 0.717) is 54.0 Å². The molecule has 0 spiro atoms. The molecule has 8 rings (SSSR count). The van der Waals surface area contributed by atoms with Crippen LogP contribution in [-0.2, 0) is 0 Å². The van der Waals surface area contributed by atoms with Gasteiger partial charge < -0.3 is 20.1 Å². The van der Waals surface area contributed by atoms with Crippen LogP contribution in [0, 0.1) is 11.6 Å². The number of halogens is 3. The Bertz CT molecular complexity index is 1670. The Hall–Kier alpha value is -3.08. The highest BCUT2D eigenvalue weighted by Gasteiger charge is 2.49. The van der Waals surface area contributed by atoms with Crippen LogP contribution in [0.1, 0.15) is 32.1 Å². The first kappa shape index (κ1) is 25.6. The topological polar surface area (TPSA) is 60.9 Å². The molecule has 6 nitrogen and oxygen atoms in total.